The molecule has 1 atom stereocenters. The second-order valence-electron chi connectivity index (χ2n) is 4.82. The molecule has 1 aromatic heterocycles. The van der Waals surface area contributed by atoms with E-state index in [0.717, 1.165) is 25.1 Å². The van der Waals surface area contributed by atoms with Crippen molar-refractivity contribution in [2.45, 2.75) is 18.9 Å². The Labute approximate surface area is 117 Å². The Hall–Kier alpha value is -2.61. The molecule has 1 saturated heterocycles. The van der Waals surface area contributed by atoms with Crippen LogP contribution >= 0.6 is 0 Å². The van der Waals surface area contributed by atoms with Crippen LogP contribution in [0.25, 0.3) is 0 Å². The molecule has 0 spiro atoms. The van der Waals surface area contributed by atoms with Crippen molar-refractivity contribution in [2.24, 2.45) is 0 Å². The van der Waals surface area contributed by atoms with Gasteiger partial charge >= 0.3 is 0 Å². The molecule has 0 N–H and O–H groups in total. The molecule has 0 saturated carbocycles. The first kappa shape index (κ1) is 12.4. The van der Waals surface area contributed by atoms with E-state index in [0.29, 0.717) is 5.56 Å². The van der Waals surface area contributed by atoms with Crippen LogP contribution in [0.5, 0.6) is 0 Å². The van der Waals surface area contributed by atoms with Gasteiger partial charge in [0.1, 0.15) is 6.04 Å². The first-order valence-corrected chi connectivity index (χ1v) is 6.58. The van der Waals surface area contributed by atoms with Crippen LogP contribution in [-0.2, 0) is 4.79 Å². The summed E-state index contributed by atoms with van der Waals surface area (Å²) in [5.41, 5.74) is 1.45. The number of rotatable bonds is 2. The highest BCUT2D eigenvalue weighted by Crippen LogP contribution is 2.27. The normalized spacial score (nSPS) is 18.9. The van der Waals surface area contributed by atoms with Crippen molar-refractivity contribution in [1.82, 2.24) is 9.55 Å². The Morgan fingerprint density at radius 2 is 2.10 bits per heavy atom. The predicted octanol–water partition coefficient (Wildman–Crippen LogP) is 2.12. The van der Waals surface area contributed by atoms with Crippen molar-refractivity contribution in [3.8, 4) is 6.07 Å². The Morgan fingerprint density at radius 3 is 2.75 bits per heavy atom. The molecule has 0 aliphatic carbocycles. The zero-order chi connectivity index (χ0) is 13.9. The summed E-state index contributed by atoms with van der Waals surface area (Å²) >= 11 is 0. The van der Waals surface area contributed by atoms with E-state index in [4.69, 9.17) is 5.26 Å². The van der Waals surface area contributed by atoms with Gasteiger partial charge in [0.15, 0.2) is 0 Å². The molecule has 1 aliphatic rings. The second-order valence-corrected chi connectivity index (χ2v) is 4.82. The molecule has 1 unspecified atom stereocenters. The Morgan fingerprint density at radius 1 is 1.30 bits per heavy atom. The van der Waals surface area contributed by atoms with Crippen molar-refractivity contribution < 1.29 is 4.79 Å². The first-order chi connectivity index (χ1) is 9.79. The van der Waals surface area contributed by atoms with Crippen LogP contribution in [0, 0.1) is 11.3 Å². The van der Waals surface area contributed by atoms with E-state index < -0.39 is 0 Å². The molecule has 1 amide bonds. The van der Waals surface area contributed by atoms with Crippen molar-refractivity contribution in [1.29, 1.82) is 5.26 Å². The van der Waals surface area contributed by atoms with Gasteiger partial charge < -0.3 is 9.47 Å². The van der Waals surface area contributed by atoms with Crippen LogP contribution in [0.15, 0.2) is 43.0 Å². The van der Waals surface area contributed by atoms with E-state index in [9.17, 15) is 4.79 Å². The fourth-order valence-electron chi connectivity index (χ4n) is 2.56. The molecule has 2 aromatic rings. The van der Waals surface area contributed by atoms with E-state index in [2.05, 4.69) is 11.1 Å². The highest BCUT2D eigenvalue weighted by atomic mass is 16.2. The number of carbonyl (C=O) groups is 1. The quantitative estimate of drug-likeness (QED) is 0.836. The monoisotopic (exact) mass is 266 g/mol. The summed E-state index contributed by atoms with van der Waals surface area (Å²) in [5, 5.41) is 8.82. The maximum atomic E-state index is 12.6. The number of carbonyl (C=O) groups excluding carboxylic acids is 1. The summed E-state index contributed by atoms with van der Waals surface area (Å²) in [6.45, 7) is 0.718. The van der Waals surface area contributed by atoms with Gasteiger partial charge in [-0.05, 0) is 37.1 Å². The predicted molar refractivity (Wildman–Crippen MR) is 74.0 cm³/mol. The number of aromatic nitrogens is 2. The van der Waals surface area contributed by atoms with Crippen molar-refractivity contribution in [3.05, 3.63) is 48.5 Å². The van der Waals surface area contributed by atoms with E-state index in [1.165, 1.54) is 0 Å². The molecule has 1 fully saturated rings. The number of nitrogens with zero attached hydrogens (tertiary/aromatic N) is 4. The summed E-state index contributed by atoms with van der Waals surface area (Å²) in [6.07, 6.45) is 6.99. The van der Waals surface area contributed by atoms with Gasteiger partial charge in [-0.2, -0.15) is 5.26 Å². The highest BCUT2D eigenvalue weighted by molar-refractivity contribution is 5.96. The summed E-state index contributed by atoms with van der Waals surface area (Å²) in [7, 11) is 0. The number of hydrogen-bond donors (Lipinski definition) is 0. The van der Waals surface area contributed by atoms with Gasteiger partial charge in [0.2, 0.25) is 5.91 Å². The summed E-state index contributed by atoms with van der Waals surface area (Å²) in [5.74, 6) is 0.0824. The third kappa shape index (κ3) is 2.16. The zero-order valence-electron chi connectivity index (χ0n) is 10.9. The third-order valence-electron chi connectivity index (χ3n) is 3.60. The van der Waals surface area contributed by atoms with E-state index in [-0.39, 0.29) is 11.9 Å². The molecule has 3 rings (SSSR count). The minimum Gasteiger partial charge on any atom is -0.325 e. The maximum Gasteiger partial charge on any atom is 0.250 e. The first-order valence-electron chi connectivity index (χ1n) is 6.58. The number of piperidine rings is 1. The van der Waals surface area contributed by atoms with Gasteiger partial charge in [-0.1, -0.05) is 0 Å². The lowest BCUT2D eigenvalue weighted by molar-refractivity contribution is -0.123. The number of benzene rings is 1. The van der Waals surface area contributed by atoms with E-state index in [1.54, 1.807) is 29.6 Å². The Kier molecular flexibility index (Phi) is 3.21. The molecular weight excluding hydrogens is 252 g/mol. The summed E-state index contributed by atoms with van der Waals surface area (Å²) in [4.78, 5) is 18.4. The van der Waals surface area contributed by atoms with Gasteiger partial charge in [-0.25, -0.2) is 4.98 Å². The second kappa shape index (κ2) is 5.17. The van der Waals surface area contributed by atoms with Crippen LogP contribution < -0.4 is 4.90 Å². The fraction of sp³-hybridized carbons (Fsp3) is 0.267. The molecule has 0 bridgehead atoms. The minimum absolute atomic E-state index is 0.0824. The lowest BCUT2D eigenvalue weighted by Gasteiger charge is -2.32. The van der Waals surface area contributed by atoms with Gasteiger partial charge in [0, 0.05) is 24.6 Å². The Bertz CT molecular complexity index is 640. The molecular formula is C15H14N4O. The number of nitriles is 1. The number of imidazole rings is 1. The Balaban J connectivity index is 1.86. The van der Waals surface area contributed by atoms with E-state index >= 15 is 0 Å². The average molecular weight is 266 g/mol. The molecule has 20 heavy (non-hydrogen) atoms. The van der Waals surface area contributed by atoms with Crippen LogP contribution in [-0.4, -0.2) is 22.0 Å². The van der Waals surface area contributed by atoms with Crippen LogP contribution in [0.3, 0.4) is 0 Å². The standard InChI is InChI=1S/C15H14N4O/c16-10-12-3-5-13(6-4-12)19-8-1-2-14(15(19)20)18-9-7-17-11-18/h3-7,9,11,14H,1-2,8H2. The molecule has 1 aliphatic heterocycles. The minimum atomic E-state index is -0.179. The van der Waals surface area contributed by atoms with Gasteiger partial charge in [0.25, 0.3) is 0 Å². The van der Waals surface area contributed by atoms with Crippen molar-refractivity contribution in [2.75, 3.05) is 11.4 Å². The topological polar surface area (TPSA) is 61.9 Å². The number of hydrogen-bond acceptors (Lipinski definition) is 3. The van der Waals surface area contributed by atoms with Crippen LogP contribution in [0.4, 0.5) is 5.69 Å². The van der Waals surface area contributed by atoms with Crippen LogP contribution in [0.2, 0.25) is 0 Å². The molecule has 0 radical (unpaired) electrons. The highest BCUT2D eigenvalue weighted by Gasteiger charge is 2.30. The lowest BCUT2D eigenvalue weighted by Crippen LogP contribution is -2.42. The number of amides is 1. The van der Waals surface area contributed by atoms with Gasteiger partial charge in [-0.3, -0.25) is 4.79 Å². The molecule has 5 nitrogen and oxygen atoms in total. The van der Waals surface area contributed by atoms with Crippen molar-refractivity contribution in [3.63, 3.8) is 0 Å². The number of anilines is 1. The molecule has 1 aromatic carbocycles. The maximum absolute atomic E-state index is 12.6. The average Bonchev–Trinajstić information content (AvgIpc) is 3.02. The fourth-order valence-corrected chi connectivity index (χ4v) is 2.56. The van der Waals surface area contributed by atoms with Crippen molar-refractivity contribution >= 4 is 11.6 Å². The zero-order valence-corrected chi connectivity index (χ0v) is 10.9. The molecule has 100 valence electrons. The third-order valence-corrected chi connectivity index (χ3v) is 3.60. The summed E-state index contributed by atoms with van der Waals surface area (Å²) < 4.78 is 1.86. The van der Waals surface area contributed by atoms with E-state index in [1.807, 2.05) is 22.9 Å². The van der Waals surface area contributed by atoms with Gasteiger partial charge in [-0.15, -0.1) is 0 Å². The molecule has 5 heteroatoms. The molecule has 2 heterocycles. The lowest BCUT2D eigenvalue weighted by atomic mass is 10.0. The summed E-state index contributed by atoms with van der Waals surface area (Å²) in [6, 6.07) is 9.04. The van der Waals surface area contributed by atoms with Gasteiger partial charge in [0.05, 0.1) is 18.0 Å². The smallest absolute Gasteiger partial charge is 0.250 e. The largest absolute Gasteiger partial charge is 0.325 e. The van der Waals surface area contributed by atoms with Crippen LogP contribution in [0.1, 0.15) is 24.4 Å². The SMILES string of the molecule is N#Cc1ccc(N2CCCC(n3ccnc3)C2=O)cc1.